The molecular formula is C27H28N6O. The lowest BCUT2D eigenvalue weighted by molar-refractivity contribution is -0.115. The molecule has 4 aromatic rings. The molecule has 1 amide bonds. The first-order valence-corrected chi connectivity index (χ1v) is 11.0. The summed E-state index contributed by atoms with van der Waals surface area (Å²) in [6.45, 7) is 3.13. The number of pyridine rings is 1. The lowest BCUT2D eigenvalue weighted by Gasteiger charge is -2.10. The second kappa shape index (κ2) is 12.7. The molecule has 0 radical (unpaired) electrons. The van der Waals surface area contributed by atoms with E-state index < -0.39 is 0 Å². The summed E-state index contributed by atoms with van der Waals surface area (Å²) in [7, 11) is 1.94. The number of benzene rings is 2. The molecule has 1 atom stereocenters. The highest BCUT2D eigenvalue weighted by molar-refractivity contribution is 5.91. The molecule has 2 aromatic carbocycles. The van der Waals surface area contributed by atoms with Crippen molar-refractivity contribution in [2.24, 2.45) is 0 Å². The number of carbonyl (C=O) groups excluding carboxylic acids is 1. The van der Waals surface area contributed by atoms with E-state index in [2.05, 4.69) is 38.8 Å². The molecule has 3 N–H and O–H groups in total. The Kier molecular flexibility index (Phi) is 9.09. The Morgan fingerprint density at radius 2 is 1.79 bits per heavy atom. The molecule has 0 aliphatic carbocycles. The fourth-order valence-corrected chi connectivity index (χ4v) is 3.33. The fourth-order valence-electron chi connectivity index (χ4n) is 3.33. The Morgan fingerprint density at radius 3 is 2.38 bits per heavy atom. The largest absolute Gasteiger partial charge is 0.319 e. The number of likely N-dealkylation sites (N-methyl/N-ethyl adjacent to an activating group) is 1. The summed E-state index contributed by atoms with van der Waals surface area (Å²) in [5.74, 6) is 0.964. The van der Waals surface area contributed by atoms with Crippen LogP contribution < -0.4 is 10.6 Å². The Morgan fingerprint density at radius 1 is 1.03 bits per heavy atom. The van der Waals surface area contributed by atoms with Crippen molar-refractivity contribution in [2.45, 2.75) is 19.3 Å². The molecule has 0 fully saturated rings. The van der Waals surface area contributed by atoms with E-state index in [1.54, 1.807) is 24.7 Å². The summed E-state index contributed by atoms with van der Waals surface area (Å²) < 4.78 is 0. The van der Waals surface area contributed by atoms with Gasteiger partial charge in [0.25, 0.3) is 0 Å². The molecule has 7 nitrogen and oxygen atoms in total. The van der Waals surface area contributed by atoms with Crippen LogP contribution in [0.4, 0.5) is 5.82 Å². The highest BCUT2D eigenvalue weighted by Gasteiger charge is 2.06. The molecular weight excluding hydrogens is 424 g/mol. The zero-order valence-electron chi connectivity index (χ0n) is 19.3. The molecule has 172 valence electrons. The lowest BCUT2D eigenvalue weighted by Crippen LogP contribution is -2.15. The standard InChI is InChI=1S/C16H14N4O.C11H14N2/c21-16(8-12-4-2-1-3-5-12)20-15-7-6-13(9-17-15)14-10-18-19-11-14;1-9(8-13-2)11-5-3-10(7-12)4-6-11/h1-7,9-11H,8H2,(H,18,19)(H,17,20,21);3-6,9,13H,8H2,1-2H3. The number of H-pyrrole nitrogens is 1. The van der Waals surface area contributed by atoms with Gasteiger partial charge in [0, 0.05) is 30.1 Å². The topological polar surface area (TPSA) is 106 Å². The predicted molar refractivity (Wildman–Crippen MR) is 134 cm³/mol. The zero-order chi connectivity index (χ0) is 24.2. The van der Waals surface area contributed by atoms with Gasteiger partial charge in [0.05, 0.1) is 24.3 Å². The number of nitrogens with zero attached hydrogens (tertiary/aromatic N) is 3. The summed E-state index contributed by atoms with van der Waals surface area (Å²) in [6, 6.07) is 23.2. The lowest BCUT2D eigenvalue weighted by atomic mass is 10.0. The van der Waals surface area contributed by atoms with E-state index in [4.69, 9.17) is 5.26 Å². The molecule has 2 aromatic heterocycles. The molecule has 0 bridgehead atoms. The summed E-state index contributed by atoms with van der Waals surface area (Å²) in [5, 5.41) is 21.2. The normalized spacial score (nSPS) is 11.0. The van der Waals surface area contributed by atoms with Gasteiger partial charge in [-0.05, 0) is 48.4 Å². The number of aromatic nitrogens is 3. The minimum atomic E-state index is -0.0789. The third-order valence-electron chi connectivity index (χ3n) is 5.19. The van der Waals surface area contributed by atoms with Gasteiger partial charge in [-0.3, -0.25) is 9.89 Å². The van der Waals surface area contributed by atoms with Gasteiger partial charge in [0.1, 0.15) is 5.82 Å². The fraction of sp³-hybridized carbons (Fsp3) is 0.185. The first kappa shape index (κ1) is 24.4. The van der Waals surface area contributed by atoms with Crippen molar-refractivity contribution in [1.82, 2.24) is 20.5 Å². The van der Waals surface area contributed by atoms with E-state index in [0.717, 1.165) is 28.8 Å². The van der Waals surface area contributed by atoms with Crippen molar-refractivity contribution < 1.29 is 4.79 Å². The molecule has 0 aliphatic heterocycles. The van der Waals surface area contributed by atoms with Crippen LogP contribution in [-0.4, -0.2) is 34.7 Å². The Labute approximate surface area is 199 Å². The van der Waals surface area contributed by atoms with Gasteiger partial charge in [-0.25, -0.2) is 4.98 Å². The third-order valence-corrected chi connectivity index (χ3v) is 5.19. The SMILES string of the molecule is CNCC(C)c1ccc(C#N)cc1.O=C(Cc1ccccc1)Nc1ccc(-c2cn[nH]c2)cn1. The summed E-state index contributed by atoms with van der Waals surface area (Å²) in [4.78, 5) is 16.2. The van der Waals surface area contributed by atoms with Crippen molar-refractivity contribution in [3.8, 4) is 17.2 Å². The van der Waals surface area contributed by atoms with Crippen molar-refractivity contribution in [3.05, 3.63) is 102 Å². The number of amides is 1. The van der Waals surface area contributed by atoms with Crippen LogP contribution in [0.15, 0.2) is 85.3 Å². The van der Waals surface area contributed by atoms with Crippen LogP contribution in [0, 0.1) is 11.3 Å². The van der Waals surface area contributed by atoms with Crippen molar-refractivity contribution in [2.75, 3.05) is 18.9 Å². The van der Waals surface area contributed by atoms with Gasteiger partial charge >= 0.3 is 0 Å². The molecule has 0 spiro atoms. The number of hydrogen-bond acceptors (Lipinski definition) is 5. The Bertz CT molecular complexity index is 1180. The number of hydrogen-bond donors (Lipinski definition) is 3. The number of anilines is 1. The Balaban J connectivity index is 0.000000215. The Hall–Kier alpha value is -4.28. The average molecular weight is 453 g/mol. The van der Waals surface area contributed by atoms with Crippen LogP contribution in [0.5, 0.6) is 0 Å². The first-order valence-electron chi connectivity index (χ1n) is 11.0. The maximum Gasteiger partial charge on any atom is 0.229 e. The van der Waals surface area contributed by atoms with Crippen LogP contribution in [-0.2, 0) is 11.2 Å². The zero-order valence-corrected chi connectivity index (χ0v) is 19.3. The molecule has 7 heteroatoms. The summed E-state index contributed by atoms with van der Waals surface area (Å²) >= 11 is 0. The minimum absolute atomic E-state index is 0.0789. The molecule has 2 heterocycles. The van der Waals surface area contributed by atoms with Gasteiger partial charge in [0.15, 0.2) is 0 Å². The second-order valence-electron chi connectivity index (χ2n) is 7.82. The van der Waals surface area contributed by atoms with Gasteiger partial charge in [-0.2, -0.15) is 10.4 Å². The van der Waals surface area contributed by atoms with Crippen molar-refractivity contribution in [3.63, 3.8) is 0 Å². The third kappa shape index (κ3) is 7.40. The maximum atomic E-state index is 11.9. The van der Waals surface area contributed by atoms with Crippen molar-refractivity contribution in [1.29, 1.82) is 5.26 Å². The van der Waals surface area contributed by atoms with Gasteiger partial charge in [-0.1, -0.05) is 49.4 Å². The number of carbonyl (C=O) groups is 1. The molecule has 0 aliphatic rings. The van der Waals surface area contributed by atoms with Crippen LogP contribution in [0.2, 0.25) is 0 Å². The number of nitriles is 1. The van der Waals surface area contributed by atoms with Gasteiger partial charge in [0.2, 0.25) is 5.91 Å². The highest BCUT2D eigenvalue weighted by Crippen LogP contribution is 2.18. The molecule has 4 rings (SSSR count). The molecule has 34 heavy (non-hydrogen) atoms. The minimum Gasteiger partial charge on any atom is -0.319 e. The summed E-state index contributed by atoms with van der Waals surface area (Å²) in [5.41, 5.74) is 4.88. The van der Waals surface area contributed by atoms with E-state index >= 15 is 0 Å². The van der Waals surface area contributed by atoms with Gasteiger partial charge in [-0.15, -0.1) is 0 Å². The quantitative estimate of drug-likeness (QED) is 0.382. The van der Waals surface area contributed by atoms with E-state index in [0.29, 0.717) is 18.2 Å². The molecule has 0 saturated heterocycles. The average Bonchev–Trinajstić information content (AvgIpc) is 3.41. The maximum absolute atomic E-state index is 11.9. The number of aromatic amines is 1. The molecule has 0 saturated carbocycles. The van der Waals surface area contributed by atoms with Crippen LogP contribution in [0.3, 0.4) is 0 Å². The van der Waals surface area contributed by atoms with Crippen molar-refractivity contribution >= 4 is 11.7 Å². The predicted octanol–water partition coefficient (Wildman–Crippen LogP) is 4.53. The van der Waals surface area contributed by atoms with E-state index in [-0.39, 0.29) is 5.91 Å². The van der Waals surface area contributed by atoms with Crippen LogP contribution in [0.1, 0.15) is 29.5 Å². The monoisotopic (exact) mass is 452 g/mol. The first-order chi connectivity index (χ1) is 16.6. The van der Waals surface area contributed by atoms with Gasteiger partial charge < -0.3 is 10.6 Å². The van der Waals surface area contributed by atoms with Crippen LogP contribution >= 0.6 is 0 Å². The van der Waals surface area contributed by atoms with Crippen LogP contribution in [0.25, 0.3) is 11.1 Å². The van der Waals surface area contributed by atoms with E-state index in [1.807, 2.05) is 67.7 Å². The summed E-state index contributed by atoms with van der Waals surface area (Å²) in [6.07, 6.45) is 5.57. The second-order valence-corrected chi connectivity index (χ2v) is 7.82. The highest BCUT2D eigenvalue weighted by atomic mass is 16.1. The van der Waals surface area contributed by atoms with E-state index in [1.165, 1.54) is 5.56 Å². The molecule has 1 unspecified atom stereocenters. The van der Waals surface area contributed by atoms with E-state index in [9.17, 15) is 4.79 Å². The number of rotatable bonds is 7. The number of nitrogens with one attached hydrogen (secondary N) is 3. The smallest absolute Gasteiger partial charge is 0.229 e.